The zero-order chi connectivity index (χ0) is 18.0. The molecule has 8 heteroatoms. The van der Waals surface area contributed by atoms with Crippen molar-refractivity contribution in [2.24, 2.45) is 0 Å². The van der Waals surface area contributed by atoms with E-state index in [1.165, 1.54) is 24.5 Å². The normalized spacial score (nSPS) is 10.7. The zero-order valence-corrected chi connectivity index (χ0v) is 14.0. The number of pyridine rings is 1. The highest BCUT2D eigenvalue weighted by Crippen LogP contribution is 2.26. The van der Waals surface area contributed by atoms with Crippen LogP contribution in [0.2, 0.25) is 5.02 Å². The number of nitrogen functional groups attached to an aromatic ring is 1. The van der Waals surface area contributed by atoms with Crippen LogP contribution in [0.5, 0.6) is 0 Å². The van der Waals surface area contributed by atoms with Crippen LogP contribution in [-0.2, 0) is 6.42 Å². The first-order chi connectivity index (χ1) is 12.0. The Morgan fingerprint density at radius 2 is 2.00 bits per heavy atom. The Balaban J connectivity index is 1.91. The standard InChI is InChI=1S/C17H14ClF2N5/c1-9-11(6-10-4-5-22-16(21)15(10)20)8-23-25-17(9)24-14-3-2-12(18)7-13(14)19/h2-5,7-8H,6H2,1H3,(H2,21,22)(H,24,25). The fraction of sp³-hybridized carbons (Fsp3) is 0.118. The lowest BCUT2D eigenvalue weighted by Crippen LogP contribution is -2.05. The Labute approximate surface area is 147 Å². The molecular formula is C17H14ClF2N5. The second-order valence-electron chi connectivity index (χ2n) is 5.44. The maximum absolute atomic E-state index is 14.1. The van der Waals surface area contributed by atoms with Crippen LogP contribution in [0.3, 0.4) is 0 Å². The van der Waals surface area contributed by atoms with Crippen LogP contribution in [0.25, 0.3) is 0 Å². The van der Waals surface area contributed by atoms with Crippen molar-refractivity contribution in [3.63, 3.8) is 0 Å². The molecule has 0 saturated carbocycles. The second kappa shape index (κ2) is 6.98. The number of nitrogens with two attached hydrogens (primary N) is 1. The fourth-order valence-corrected chi connectivity index (χ4v) is 2.50. The Morgan fingerprint density at radius 3 is 2.76 bits per heavy atom. The van der Waals surface area contributed by atoms with E-state index in [1.54, 1.807) is 19.1 Å². The zero-order valence-electron chi connectivity index (χ0n) is 13.2. The van der Waals surface area contributed by atoms with Crippen LogP contribution in [0.4, 0.5) is 26.1 Å². The number of hydrogen-bond donors (Lipinski definition) is 2. The maximum atomic E-state index is 14.1. The van der Waals surface area contributed by atoms with Crippen molar-refractivity contribution >= 4 is 28.9 Å². The van der Waals surface area contributed by atoms with Gasteiger partial charge in [-0.3, -0.25) is 0 Å². The molecule has 0 saturated heterocycles. The summed E-state index contributed by atoms with van der Waals surface area (Å²) in [6, 6.07) is 5.83. The van der Waals surface area contributed by atoms with Gasteiger partial charge in [-0.25, -0.2) is 13.8 Å². The van der Waals surface area contributed by atoms with Crippen LogP contribution in [0.1, 0.15) is 16.7 Å². The highest BCUT2D eigenvalue weighted by Gasteiger charge is 2.13. The summed E-state index contributed by atoms with van der Waals surface area (Å²) in [6.07, 6.45) is 3.24. The predicted octanol–water partition coefficient (Wildman–Crippen LogP) is 4.03. The number of rotatable bonds is 4. The third-order valence-electron chi connectivity index (χ3n) is 3.77. The third kappa shape index (κ3) is 3.66. The van der Waals surface area contributed by atoms with Crippen molar-refractivity contribution in [2.45, 2.75) is 13.3 Å². The quantitative estimate of drug-likeness (QED) is 0.733. The van der Waals surface area contributed by atoms with E-state index in [0.717, 1.165) is 11.1 Å². The van der Waals surface area contributed by atoms with E-state index in [-0.39, 0.29) is 17.9 Å². The van der Waals surface area contributed by atoms with Crippen LogP contribution in [-0.4, -0.2) is 15.2 Å². The molecule has 0 aliphatic carbocycles. The minimum absolute atomic E-state index is 0.154. The van der Waals surface area contributed by atoms with E-state index in [4.69, 9.17) is 17.3 Å². The largest absolute Gasteiger partial charge is 0.381 e. The first kappa shape index (κ1) is 17.0. The van der Waals surface area contributed by atoms with Crippen molar-refractivity contribution in [1.82, 2.24) is 15.2 Å². The van der Waals surface area contributed by atoms with Crippen LogP contribution in [0, 0.1) is 18.6 Å². The summed E-state index contributed by atoms with van der Waals surface area (Å²) in [5.74, 6) is -0.844. The lowest BCUT2D eigenvalue weighted by atomic mass is 10.0. The molecule has 0 radical (unpaired) electrons. The number of halogens is 3. The number of benzene rings is 1. The summed E-state index contributed by atoms with van der Waals surface area (Å²) in [4.78, 5) is 3.70. The van der Waals surface area contributed by atoms with E-state index >= 15 is 0 Å². The number of nitrogens with one attached hydrogen (secondary N) is 1. The molecule has 2 aromatic heterocycles. The lowest BCUT2D eigenvalue weighted by molar-refractivity contribution is 0.613. The molecule has 0 bridgehead atoms. The summed E-state index contributed by atoms with van der Waals surface area (Å²) in [5, 5.41) is 11.1. The van der Waals surface area contributed by atoms with Gasteiger partial charge in [0, 0.05) is 17.6 Å². The highest BCUT2D eigenvalue weighted by atomic mass is 35.5. The molecule has 0 amide bonds. The van der Waals surface area contributed by atoms with Gasteiger partial charge in [0.1, 0.15) is 5.82 Å². The molecule has 0 atom stereocenters. The van der Waals surface area contributed by atoms with E-state index < -0.39 is 11.6 Å². The van der Waals surface area contributed by atoms with Gasteiger partial charge in [0.2, 0.25) is 0 Å². The molecule has 0 fully saturated rings. The molecule has 2 heterocycles. The molecule has 25 heavy (non-hydrogen) atoms. The summed E-state index contributed by atoms with van der Waals surface area (Å²) in [7, 11) is 0. The Morgan fingerprint density at radius 1 is 1.20 bits per heavy atom. The van der Waals surface area contributed by atoms with Crippen molar-refractivity contribution in [1.29, 1.82) is 0 Å². The molecule has 128 valence electrons. The maximum Gasteiger partial charge on any atom is 0.168 e. The molecule has 0 aliphatic heterocycles. The Hall–Kier alpha value is -2.80. The summed E-state index contributed by atoms with van der Waals surface area (Å²) < 4.78 is 28.0. The number of hydrogen-bond acceptors (Lipinski definition) is 5. The van der Waals surface area contributed by atoms with Gasteiger partial charge >= 0.3 is 0 Å². The Kier molecular flexibility index (Phi) is 4.76. The van der Waals surface area contributed by atoms with Gasteiger partial charge in [-0.1, -0.05) is 11.6 Å². The minimum Gasteiger partial charge on any atom is -0.381 e. The molecule has 3 rings (SSSR count). The average molecular weight is 362 g/mol. The van der Waals surface area contributed by atoms with E-state index in [9.17, 15) is 8.78 Å². The van der Waals surface area contributed by atoms with Gasteiger partial charge in [0.25, 0.3) is 0 Å². The lowest BCUT2D eigenvalue weighted by Gasteiger charge is -2.12. The molecule has 0 spiro atoms. The third-order valence-corrected chi connectivity index (χ3v) is 4.00. The monoisotopic (exact) mass is 361 g/mol. The van der Waals surface area contributed by atoms with Gasteiger partial charge in [-0.15, -0.1) is 5.10 Å². The Bertz CT molecular complexity index is 933. The minimum atomic E-state index is -0.558. The molecule has 3 aromatic rings. The second-order valence-corrected chi connectivity index (χ2v) is 5.88. The van der Waals surface area contributed by atoms with Gasteiger partial charge in [0.05, 0.1) is 11.9 Å². The van der Waals surface area contributed by atoms with Gasteiger partial charge in [-0.2, -0.15) is 5.10 Å². The molecule has 1 aromatic carbocycles. The topological polar surface area (TPSA) is 76.7 Å². The molecule has 0 aliphatic rings. The SMILES string of the molecule is Cc1c(Cc2ccnc(N)c2F)cnnc1Nc1ccc(Cl)cc1F. The first-order valence-electron chi connectivity index (χ1n) is 7.38. The van der Waals surface area contributed by atoms with Crippen LogP contribution >= 0.6 is 11.6 Å². The van der Waals surface area contributed by atoms with E-state index in [0.29, 0.717) is 16.4 Å². The molecule has 3 N–H and O–H groups in total. The van der Waals surface area contributed by atoms with Gasteiger partial charge in [0.15, 0.2) is 17.5 Å². The van der Waals surface area contributed by atoms with E-state index in [2.05, 4.69) is 20.5 Å². The summed E-state index contributed by atoms with van der Waals surface area (Å²) in [6.45, 7) is 1.79. The smallest absolute Gasteiger partial charge is 0.168 e. The number of nitrogens with zero attached hydrogens (tertiary/aromatic N) is 3. The fourth-order valence-electron chi connectivity index (χ4n) is 2.34. The first-order valence-corrected chi connectivity index (χ1v) is 7.75. The average Bonchev–Trinajstić information content (AvgIpc) is 2.57. The van der Waals surface area contributed by atoms with Crippen LogP contribution < -0.4 is 11.1 Å². The van der Waals surface area contributed by atoms with Crippen LogP contribution in [0.15, 0.2) is 36.7 Å². The predicted molar refractivity (Wildman–Crippen MR) is 92.9 cm³/mol. The highest BCUT2D eigenvalue weighted by molar-refractivity contribution is 6.30. The van der Waals surface area contributed by atoms with Crippen molar-refractivity contribution in [3.05, 3.63) is 70.0 Å². The van der Waals surface area contributed by atoms with Crippen molar-refractivity contribution in [2.75, 3.05) is 11.1 Å². The van der Waals surface area contributed by atoms with Crippen molar-refractivity contribution in [3.8, 4) is 0 Å². The summed E-state index contributed by atoms with van der Waals surface area (Å²) in [5.41, 5.74) is 7.56. The summed E-state index contributed by atoms with van der Waals surface area (Å²) >= 11 is 5.75. The molecular weight excluding hydrogens is 348 g/mol. The van der Waals surface area contributed by atoms with Crippen molar-refractivity contribution < 1.29 is 8.78 Å². The number of aromatic nitrogens is 3. The van der Waals surface area contributed by atoms with Gasteiger partial charge in [-0.05, 0) is 47.9 Å². The molecule has 0 unspecified atom stereocenters. The van der Waals surface area contributed by atoms with Gasteiger partial charge < -0.3 is 11.1 Å². The van der Waals surface area contributed by atoms with E-state index in [1.807, 2.05) is 0 Å². The number of anilines is 3. The molecule has 5 nitrogen and oxygen atoms in total.